The minimum absolute atomic E-state index is 0.286. The van der Waals surface area contributed by atoms with Crippen molar-refractivity contribution < 1.29 is 0 Å². The lowest BCUT2D eigenvalue weighted by Crippen LogP contribution is -2.28. The highest BCUT2D eigenvalue weighted by Crippen LogP contribution is 2.18. The van der Waals surface area contributed by atoms with E-state index in [-0.39, 0.29) is 5.54 Å². The number of nitrogens with two attached hydrogens (primary N) is 1. The molecule has 1 aromatic rings. The molecule has 0 saturated carbocycles. The van der Waals surface area contributed by atoms with Crippen LogP contribution in [0.5, 0.6) is 0 Å². The summed E-state index contributed by atoms with van der Waals surface area (Å²) in [4.78, 5) is 4.01. The van der Waals surface area contributed by atoms with Crippen molar-refractivity contribution in [2.75, 3.05) is 0 Å². The summed E-state index contributed by atoms with van der Waals surface area (Å²) in [6, 6.07) is 3.85. The molecule has 60 valence electrons. The van der Waals surface area contributed by atoms with Crippen LogP contribution >= 0.6 is 15.9 Å². The summed E-state index contributed by atoms with van der Waals surface area (Å²) >= 11 is 3.29. The zero-order valence-corrected chi connectivity index (χ0v) is 8.22. The van der Waals surface area contributed by atoms with E-state index in [1.54, 1.807) is 6.20 Å². The molecule has 1 rings (SSSR count). The molecule has 0 aliphatic carbocycles. The third-order valence-corrected chi connectivity index (χ3v) is 1.90. The summed E-state index contributed by atoms with van der Waals surface area (Å²) < 4.78 is 0.827. The highest BCUT2D eigenvalue weighted by Gasteiger charge is 2.13. The first-order valence-corrected chi connectivity index (χ1v) is 4.20. The molecule has 0 aliphatic rings. The first kappa shape index (κ1) is 8.68. The van der Waals surface area contributed by atoms with E-state index in [4.69, 9.17) is 5.73 Å². The molecule has 0 atom stereocenters. The van der Waals surface area contributed by atoms with Crippen LogP contribution in [0.25, 0.3) is 0 Å². The Labute approximate surface area is 75.0 Å². The van der Waals surface area contributed by atoms with Gasteiger partial charge in [-0.3, -0.25) is 0 Å². The van der Waals surface area contributed by atoms with E-state index in [2.05, 4.69) is 20.9 Å². The second kappa shape index (κ2) is 2.91. The highest BCUT2D eigenvalue weighted by molar-refractivity contribution is 9.10. The normalized spacial score (nSPS) is 11.6. The van der Waals surface area contributed by atoms with Crippen molar-refractivity contribution in [1.29, 1.82) is 0 Å². The third-order valence-electron chi connectivity index (χ3n) is 1.47. The maximum atomic E-state index is 5.88. The van der Waals surface area contributed by atoms with Crippen molar-refractivity contribution in [2.24, 2.45) is 5.73 Å². The van der Waals surface area contributed by atoms with Gasteiger partial charge in [0, 0.05) is 11.7 Å². The van der Waals surface area contributed by atoms with Gasteiger partial charge in [-0.1, -0.05) is 0 Å². The Morgan fingerprint density at radius 1 is 1.55 bits per heavy atom. The van der Waals surface area contributed by atoms with E-state index in [1.807, 2.05) is 26.0 Å². The van der Waals surface area contributed by atoms with Crippen LogP contribution in [-0.4, -0.2) is 4.98 Å². The second-order valence-electron chi connectivity index (χ2n) is 3.09. The standard InChI is InChI=1S/C8H11BrN2/c1-8(2,10)6-3-4-11-7(9)5-6/h3-5H,10H2,1-2H3. The third kappa shape index (κ3) is 2.27. The van der Waals surface area contributed by atoms with Crippen molar-refractivity contribution >= 4 is 15.9 Å². The molecule has 3 heteroatoms. The Bertz CT molecular complexity index is 253. The van der Waals surface area contributed by atoms with Gasteiger partial charge >= 0.3 is 0 Å². The molecule has 0 radical (unpaired) electrons. The van der Waals surface area contributed by atoms with Crippen molar-refractivity contribution in [2.45, 2.75) is 19.4 Å². The number of hydrogen-bond donors (Lipinski definition) is 1. The van der Waals surface area contributed by atoms with Gasteiger partial charge in [-0.25, -0.2) is 4.98 Å². The summed E-state index contributed by atoms with van der Waals surface area (Å²) in [5, 5.41) is 0. The van der Waals surface area contributed by atoms with Gasteiger partial charge in [0.15, 0.2) is 0 Å². The minimum atomic E-state index is -0.286. The Balaban J connectivity index is 3.06. The van der Waals surface area contributed by atoms with Gasteiger partial charge in [-0.15, -0.1) is 0 Å². The zero-order chi connectivity index (χ0) is 8.48. The molecule has 2 nitrogen and oxygen atoms in total. The van der Waals surface area contributed by atoms with E-state index in [9.17, 15) is 0 Å². The number of aromatic nitrogens is 1. The van der Waals surface area contributed by atoms with Crippen LogP contribution in [0.3, 0.4) is 0 Å². The number of rotatable bonds is 1. The van der Waals surface area contributed by atoms with Crippen LogP contribution in [0, 0.1) is 0 Å². The van der Waals surface area contributed by atoms with Gasteiger partial charge in [0.1, 0.15) is 4.60 Å². The fourth-order valence-electron chi connectivity index (χ4n) is 0.803. The molecule has 0 fully saturated rings. The highest BCUT2D eigenvalue weighted by atomic mass is 79.9. The summed E-state index contributed by atoms with van der Waals surface area (Å²) in [7, 11) is 0. The molecule has 0 aromatic carbocycles. The fraction of sp³-hybridized carbons (Fsp3) is 0.375. The van der Waals surface area contributed by atoms with Crippen molar-refractivity contribution in [3.63, 3.8) is 0 Å². The Kier molecular flexibility index (Phi) is 2.30. The summed E-state index contributed by atoms with van der Waals surface area (Å²) in [6.45, 7) is 3.93. The first-order chi connectivity index (χ1) is 5.00. The number of nitrogens with zero attached hydrogens (tertiary/aromatic N) is 1. The molecule has 0 aliphatic heterocycles. The number of pyridine rings is 1. The average molecular weight is 215 g/mol. The average Bonchev–Trinajstić information content (AvgIpc) is 1.86. The molecule has 0 spiro atoms. The summed E-state index contributed by atoms with van der Waals surface area (Å²) in [5.41, 5.74) is 6.67. The molecule has 1 aromatic heterocycles. The van der Waals surface area contributed by atoms with E-state index in [0.717, 1.165) is 10.2 Å². The summed E-state index contributed by atoms with van der Waals surface area (Å²) in [5.74, 6) is 0. The lowest BCUT2D eigenvalue weighted by Gasteiger charge is -2.18. The fourth-order valence-corrected chi connectivity index (χ4v) is 1.17. The smallest absolute Gasteiger partial charge is 0.106 e. The monoisotopic (exact) mass is 214 g/mol. The van der Waals surface area contributed by atoms with Gasteiger partial charge in [0.2, 0.25) is 0 Å². The van der Waals surface area contributed by atoms with Gasteiger partial charge in [0.05, 0.1) is 0 Å². The zero-order valence-electron chi connectivity index (χ0n) is 6.63. The van der Waals surface area contributed by atoms with Crippen LogP contribution < -0.4 is 5.73 Å². The molecule has 0 saturated heterocycles. The lowest BCUT2D eigenvalue weighted by atomic mass is 9.97. The molecular weight excluding hydrogens is 204 g/mol. The van der Waals surface area contributed by atoms with Crippen LogP contribution in [0.15, 0.2) is 22.9 Å². The van der Waals surface area contributed by atoms with Crippen LogP contribution in [0.4, 0.5) is 0 Å². The first-order valence-electron chi connectivity index (χ1n) is 3.41. The Hall–Kier alpha value is -0.410. The topological polar surface area (TPSA) is 38.9 Å². The Morgan fingerprint density at radius 3 is 2.55 bits per heavy atom. The van der Waals surface area contributed by atoms with E-state index in [0.29, 0.717) is 0 Å². The summed E-state index contributed by atoms with van der Waals surface area (Å²) in [6.07, 6.45) is 1.74. The minimum Gasteiger partial charge on any atom is -0.322 e. The molecule has 1 heterocycles. The number of hydrogen-bond acceptors (Lipinski definition) is 2. The van der Waals surface area contributed by atoms with E-state index >= 15 is 0 Å². The van der Waals surface area contributed by atoms with Crippen molar-refractivity contribution in [3.8, 4) is 0 Å². The van der Waals surface area contributed by atoms with Gasteiger partial charge in [-0.2, -0.15) is 0 Å². The number of halogens is 1. The van der Waals surface area contributed by atoms with Gasteiger partial charge in [-0.05, 0) is 47.5 Å². The van der Waals surface area contributed by atoms with E-state index in [1.165, 1.54) is 0 Å². The van der Waals surface area contributed by atoms with Gasteiger partial charge < -0.3 is 5.73 Å². The van der Waals surface area contributed by atoms with Crippen molar-refractivity contribution in [1.82, 2.24) is 4.98 Å². The molecule has 0 bridgehead atoms. The second-order valence-corrected chi connectivity index (χ2v) is 3.90. The van der Waals surface area contributed by atoms with Crippen LogP contribution in [0.1, 0.15) is 19.4 Å². The van der Waals surface area contributed by atoms with Crippen molar-refractivity contribution in [3.05, 3.63) is 28.5 Å². The van der Waals surface area contributed by atoms with Crippen LogP contribution in [-0.2, 0) is 5.54 Å². The van der Waals surface area contributed by atoms with E-state index < -0.39 is 0 Å². The molecule has 11 heavy (non-hydrogen) atoms. The largest absolute Gasteiger partial charge is 0.322 e. The van der Waals surface area contributed by atoms with Crippen LogP contribution in [0.2, 0.25) is 0 Å². The molecular formula is C8H11BrN2. The molecule has 0 unspecified atom stereocenters. The quantitative estimate of drug-likeness (QED) is 0.728. The molecule has 2 N–H and O–H groups in total. The predicted molar refractivity (Wildman–Crippen MR) is 49.2 cm³/mol. The maximum Gasteiger partial charge on any atom is 0.106 e. The maximum absolute atomic E-state index is 5.88. The lowest BCUT2D eigenvalue weighted by molar-refractivity contribution is 0.553. The Morgan fingerprint density at radius 2 is 2.18 bits per heavy atom. The molecule has 0 amide bonds. The predicted octanol–water partition coefficient (Wildman–Crippen LogP) is 2.04. The SMILES string of the molecule is CC(C)(N)c1ccnc(Br)c1. The van der Waals surface area contributed by atoms with Gasteiger partial charge in [0.25, 0.3) is 0 Å².